The third-order valence-electron chi connectivity index (χ3n) is 5.53. The molecule has 0 fully saturated rings. The Labute approximate surface area is 180 Å². The first-order valence-electron chi connectivity index (χ1n) is 10.0. The Balaban J connectivity index is 1.46. The molecule has 32 heavy (non-hydrogen) atoms. The summed E-state index contributed by atoms with van der Waals surface area (Å²) in [4.78, 5) is 8.50. The van der Waals surface area contributed by atoms with Crippen LogP contribution in [0.2, 0.25) is 0 Å². The summed E-state index contributed by atoms with van der Waals surface area (Å²) in [7, 11) is 0. The normalized spacial score (nSPS) is 12.9. The number of aryl methyl sites for hydroxylation is 2. The van der Waals surface area contributed by atoms with E-state index in [-0.39, 0.29) is 11.7 Å². The van der Waals surface area contributed by atoms with Gasteiger partial charge in [0, 0.05) is 48.0 Å². The Morgan fingerprint density at radius 1 is 1.16 bits per heavy atom. The third kappa shape index (κ3) is 3.61. The molecule has 1 aliphatic rings. The van der Waals surface area contributed by atoms with Crippen molar-refractivity contribution in [2.45, 2.75) is 32.8 Å². The van der Waals surface area contributed by atoms with Gasteiger partial charge in [0.2, 0.25) is 5.88 Å². The number of pyridine rings is 1. The van der Waals surface area contributed by atoms with Gasteiger partial charge in [0.15, 0.2) is 5.65 Å². The average molecular weight is 441 g/mol. The van der Waals surface area contributed by atoms with Crippen molar-refractivity contribution in [3.05, 3.63) is 65.3 Å². The van der Waals surface area contributed by atoms with Crippen molar-refractivity contribution in [2.75, 3.05) is 6.61 Å². The van der Waals surface area contributed by atoms with Crippen molar-refractivity contribution in [1.82, 2.24) is 24.6 Å². The summed E-state index contributed by atoms with van der Waals surface area (Å²) in [5, 5.41) is 8.20. The molecule has 0 bridgehead atoms. The van der Waals surface area contributed by atoms with E-state index in [1.54, 1.807) is 29.9 Å². The fourth-order valence-electron chi connectivity index (χ4n) is 4.03. The van der Waals surface area contributed by atoms with Gasteiger partial charge in [0.1, 0.15) is 23.7 Å². The molecule has 0 saturated heterocycles. The van der Waals surface area contributed by atoms with E-state index in [4.69, 9.17) is 4.74 Å². The predicted octanol–water partition coefficient (Wildman–Crippen LogP) is 3.96. The quantitative estimate of drug-likeness (QED) is 0.451. The Hall–Kier alpha value is -3.69. The summed E-state index contributed by atoms with van der Waals surface area (Å²) in [6.45, 7) is -0.626. The van der Waals surface area contributed by atoms with Crippen molar-refractivity contribution in [1.29, 1.82) is 0 Å². The van der Waals surface area contributed by atoms with E-state index in [1.165, 1.54) is 18.3 Å². The van der Waals surface area contributed by atoms with E-state index >= 15 is 0 Å². The van der Waals surface area contributed by atoms with E-state index < -0.39 is 6.61 Å². The van der Waals surface area contributed by atoms with E-state index in [0.717, 1.165) is 11.3 Å². The highest BCUT2D eigenvalue weighted by Gasteiger charge is 2.20. The van der Waals surface area contributed by atoms with Gasteiger partial charge in [-0.3, -0.25) is 4.40 Å². The van der Waals surface area contributed by atoms with E-state index in [0.29, 0.717) is 59.6 Å². The zero-order chi connectivity index (χ0) is 22.2. The van der Waals surface area contributed by atoms with Crippen LogP contribution in [0.4, 0.5) is 13.2 Å². The average Bonchev–Trinajstić information content (AvgIpc) is 3.43. The van der Waals surface area contributed by atoms with Gasteiger partial charge < -0.3 is 9.47 Å². The fraction of sp³-hybridized carbons (Fsp3) is 0.273. The lowest BCUT2D eigenvalue weighted by Gasteiger charge is -2.12. The summed E-state index contributed by atoms with van der Waals surface area (Å²) in [5.74, 6) is 0.998. The van der Waals surface area contributed by atoms with Crippen molar-refractivity contribution < 1.29 is 22.6 Å². The lowest BCUT2D eigenvalue weighted by Crippen LogP contribution is -2.07. The van der Waals surface area contributed by atoms with Crippen LogP contribution in [-0.2, 0) is 19.3 Å². The first-order valence-corrected chi connectivity index (χ1v) is 10.0. The number of aromatic nitrogens is 5. The molecule has 0 N–H and O–H groups in total. The van der Waals surface area contributed by atoms with Gasteiger partial charge in [-0.05, 0) is 36.6 Å². The first-order chi connectivity index (χ1) is 15.5. The molecule has 0 unspecified atom stereocenters. The number of benzene rings is 1. The smallest absolute Gasteiger partial charge is 0.388 e. The van der Waals surface area contributed by atoms with E-state index in [9.17, 15) is 13.2 Å². The minimum Gasteiger partial charge on any atom is -0.493 e. The largest absolute Gasteiger partial charge is 0.493 e. The minimum atomic E-state index is -2.95. The molecule has 10 heteroatoms. The van der Waals surface area contributed by atoms with Crippen LogP contribution in [0.3, 0.4) is 0 Å². The molecule has 3 aromatic heterocycles. The zero-order valence-corrected chi connectivity index (χ0v) is 17.1. The second-order valence-corrected chi connectivity index (χ2v) is 7.43. The predicted molar refractivity (Wildman–Crippen MR) is 108 cm³/mol. The van der Waals surface area contributed by atoms with Gasteiger partial charge in [-0.1, -0.05) is 0 Å². The van der Waals surface area contributed by atoms with Crippen LogP contribution in [0.1, 0.15) is 22.5 Å². The van der Waals surface area contributed by atoms with Gasteiger partial charge in [0.05, 0.1) is 6.61 Å². The second-order valence-electron chi connectivity index (χ2n) is 7.43. The number of nitrogens with zero attached hydrogens (tertiary/aromatic N) is 5. The first kappa shape index (κ1) is 20.2. The fourth-order valence-corrected chi connectivity index (χ4v) is 4.03. The highest BCUT2D eigenvalue weighted by molar-refractivity contribution is 5.78. The standard InChI is InChI=1S/C22H18F3N5O2/c1-12-8-20(32-22(24)25)27-9-15(12)16-10-26-19(30-11-28-29-21(16)30)5-2-13-14-6-7-31-18(14)4-3-17(13)23/h3-4,8-11,22H,2,5-7H2,1H3. The van der Waals surface area contributed by atoms with Crippen molar-refractivity contribution in [2.24, 2.45) is 0 Å². The number of hydrogen-bond donors (Lipinski definition) is 0. The van der Waals surface area contributed by atoms with Crippen LogP contribution in [0.15, 0.2) is 36.9 Å². The minimum absolute atomic E-state index is 0.162. The molecule has 4 heterocycles. The number of fused-ring (bicyclic) bond motifs is 2. The monoisotopic (exact) mass is 441 g/mol. The number of rotatable bonds is 6. The Bertz CT molecular complexity index is 1310. The highest BCUT2D eigenvalue weighted by atomic mass is 19.3. The number of alkyl halides is 2. The molecule has 0 amide bonds. The maximum absolute atomic E-state index is 14.5. The molecular weight excluding hydrogens is 423 g/mol. The number of halogens is 3. The molecule has 1 aliphatic heterocycles. The van der Waals surface area contributed by atoms with Crippen LogP contribution >= 0.6 is 0 Å². The number of ether oxygens (including phenoxy) is 2. The van der Waals surface area contributed by atoms with E-state index in [1.807, 2.05) is 0 Å². The number of hydrogen-bond acceptors (Lipinski definition) is 6. The molecule has 0 atom stereocenters. The summed E-state index contributed by atoms with van der Waals surface area (Å²) in [6, 6.07) is 4.53. The van der Waals surface area contributed by atoms with Crippen LogP contribution in [-0.4, -0.2) is 37.8 Å². The molecule has 0 saturated carbocycles. The molecule has 5 rings (SSSR count). The zero-order valence-electron chi connectivity index (χ0n) is 17.1. The van der Waals surface area contributed by atoms with Crippen LogP contribution < -0.4 is 9.47 Å². The lowest BCUT2D eigenvalue weighted by atomic mass is 10.00. The van der Waals surface area contributed by atoms with Crippen molar-refractivity contribution in [3.8, 4) is 22.8 Å². The van der Waals surface area contributed by atoms with Gasteiger partial charge in [-0.15, -0.1) is 10.2 Å². The third-order valence-corrected chi connectivity index (χ3v) is 5.53. The van der Waals surface area contributed by atoms with Gasteiger partial charge in [0.25, 0.3) is 0 Å². The molecule has 4 aromatic rings. The van der Waals surface area contributed by atoms with Gasteiger partial charge >= 0.3 is 6.61 Å². The molecule has 0 radical (unpaired) electrons. The van der Waals surface area contributed by atoms with E-state index in [2.05, 4.69) is 24.9 Å². The molecule has 164 valence electrons. The SMILES string of the molecule is Cc1cc(OC(F)F)ncc1-c1cnc(CCc2c(F)ccc3c2CCO3)n2cnnc12. The summed E-state index contributed by atoms with van der Waals surface area (Å²) >= 11 is 0. The van der Waals surface area contributed by atoms with Gasteiger partial charge in [-0.2, -0.15) is 8.78 Å². The maximum Gasteiger partial charge on any atom is 0.388 e. The Morgan fingerprint density at radius 3 is 2.81 bits per heavy atom. The topological polar surface area (TPSA) is 74.4 Å². The summed E-state index contributed by atoms with van der Waals surface area (Å²) < 4.78 is 51.0. The second kappa shape index (κ2) is 8.10. The summed E-state index contributed by atoms with van der Waals surface area (Å²) in [6.07, 6.45) is 6.26. The van der Waals surface area contributed by atoms with Gasteiger partial charge in [-0.25, -0.2) is 14.4 Å². The molecule has 0 spiro atoms. The highest BCUT2D eigenvalue weighted by Crippen LogP contribution is 2.32. The molecule has 0 aliphatic carbocycles. The molecule has 1 aromatic carbocycles. The van der Waals surface area contributed by atoms with Crippen LogP contribution in [0, 0.1) is 12.7 Å². The molecule has 7 nitrogen and oxygen atoms in total. The maximum atomic E-state index is 14.5. The van der Waals surface area contributed by atoms with Crippen molar-refractivity contribution >= 4 is 5.65 Å². The Morgan fingerprint density at radius 2 is 2.00 bits per heavy atom. The Kier molecular flexibility index (Phi) is 5.12. The lowest BCUT2D eigenvalue weighted by molar-refractivity contribution is -0.0528. The van der Waals surface area contributed by atoms with Crippen LogP contribution in [0.5, 0.6) is 11.6 Å². The molecular formula is C22H18F3N5O2. The van der Waals surface area contributed by atoms with Crippen LogP contribution in [0.25, 0.3) is 16.8 Å². The summed E-state index contributed by atoms with van der Waals surface area (Å²) in [5.41, 5.74) is 4.10. The van der Waals surface area contributed by atoms with Crippen molar-refractivity contribution in [3.63, 3.8) is 0 Å².